The Morgan fingerprint density at radius 3 is 2.75 bits per heavy atom. The molecule has 0 spiro atoms. The smallest absolute Gasteiger partial charge is 0.195 e. The van der Waals surface area contributed by atoms with E-state index >= 15 is 0 Å². The molecule has 6 nitrogen and oxygen atoms in total. The summed E-state index contributed by atoms with van der Waals surface area (Å²) in [5.41, 5.74) is 1.08. The van der Waals surface area contributed by atoms with E-state index in [9.17, 15) is 9.90 Å². The highest BCUT2D eigenvalue weighted by molar-refractivity contribution is 8.22. The maximum Gasteiger partial charge on any atom is 0.195 e. The van der Waals surface area contributed by atoms with Crippen LogP contribution in [-0.2, 0) is 0 Å². The molecule has 0 radical (unpaired) electrons. The van der Waals surface area contributed by atoms with E-state index in [4.69, 9.17) is 21.4 Å². The van der Waals surface area contributed by atoms with Crippen LogP contribution in [0, 0.1) is 13.8 Å². The Kier molecular flexibility index (Phi) is 6.98. The third kappa shape index (κ3) is 5.05. The van der Waals surface area contributed by atoms with Crippen LogP contribution in [0.25, 0.3) is 11.0 Å². The van der Waals surface area contributed by atoms with Crippen molar-refractivity contribution in [3.63, 3.8) is 0 Å². The number of thiocarbonyl (C=S) groups is 1. The lowest BCUT2D eigenvalue weighted by atomic mass is 10.1. The lowest BCUT2D eigenvalue weighted by Crippen LogP contribution is -2.46. The number of aryl methyl sites for hydroxylation is 1. The number of hydrogen-bond acceptors (Lipinski definition) is 7. The number of aliphatic hydroxyl groups excluding tert-OH is 1. The Morgan fingerprint density at radius 1 is 1.32 bits per heavy atom. The van der Waals surface area contributed by atoms with Crippen molar-refractivity contribution < 1.29 is 14.3 Å². The van der Waals surface area contributed by atoms with E-state index in [0.717, 1.165) is 30.5 Å². The topological polar surface area (TPSA) is 66.2 Å². The summed E-state index contributed by atoms with van der Waals surface area (Å²) >= 11 is 6.96. The van der Waals surface area contributed by atoms with Crippen molar-refractivity contribution in [1.82, 2.24) is 9.80 Å². The molecular formula is C20H26N2O4S2. The maximum atomic E-state index is 12.3. The average Bonchev–Trinajstić information content (AvgIpc) is 2.69. The van der Waals surface area contributed by atoms with Crippen LogP contribution in [0.2, 0.25) is 0 Å². The van der Waals surface area contributed by atoms with Gasteiger partial charge in [0.1, 0.15) is 28.0 Å². The summed E-state index contributed by atoms with van der Waals surface area (Å²) in [6.45, 7) is 7.54. The van der Waals surface area contributed by atoms with Crippen molar-refractivity contribution in [3.8, 4) is 5.75 Å². The number of likely N-dealkylation sites (N-methyl/N-ethyl adjacent to an activating group) is 1. The molecule has 1 N–H and O–H groups in total. The Balaban J connectivity index is 1.51. The van der Waals surface area contributed by atoms with E-state index < -0.39 is 6.10 Å². The second-order valence-corrected chi connectivity index (χ2v) is 8.76. The number of nitrogens with zero attached hydrogens (tertiary/aromatic N) is 2. The summed E-state index contributed by atoms with van der Waals surface area (Å²) in [7, 11) is 2.11. The standard InChI is InChI=1S/C20H26N2O4S2/c1-13-14(2)26-18-10-16(4-5-17(18)19(13)24)25-11-15(23)12-28-20(27)22-8-6-21(3)7-9-22/h4-5,10,15,23H,6-9,11-12H2,1-3H3. The second kappa shape index (κ2) is 9.26. The highest BCUT2D eigenvalue weighted by Crippen LogP contribution is 2.21. The van der Waals surface area contributed by atoms with Gasteiger partial charge in [0.25, 0.3) is 0 Å². The van der Waals surface area contributed by atoms with Crippen LogP contribution in [-0.4, -0.2) is 70.9 Å². The SMILES string of the molecule is Cc1oc2cc(OCC(O)CSC(=S)N3CCN(C)CC3)ccc2c(=O)c1C. The number of piperazine rings is 1. The molecule has 0 saturated carbocycles. The van der Waals surface area contributed by atoms with E-state index in [1.807, 2.05) is 0 Å². The summed E-state index contributed by atoms with van der Waals surface area (Å²) in [6.07, 6.45) is -0.641. The Labute approximate surface area is 174 Å². The number of hydrogen-bond donors (Lipinski definition) is 1. The predicted molar refractivity (Wildman–Crippen MR) is 118 cm³/mol. The van der Waals surface area contributed by atoms with Crippen LogP contribution >= 0.6 is 24.0 Å². The molecule has 8 heteroatoms. The zero-order valence-corrected chi connectivity index (χ0v) is 18.1. The van der Waals surface area contributed by atoms with E-state index in [1.54, 1.807) is 32.0 Å². The molecule has 3 rings (SSSR count). The zero-order valence-electron chi connectivity index (χ0n) is 16.4. The Hall–Kier alpha value is -1.61. The number of fused-ring (bicyclic) bond motifs is 1. The molecule has 2 heterocycles. The molecule has 0 amide bonds. The first-order chi connectivity index (χ1) is 13.3. The predicted octanol–water partition coefficient (Wildman–Crippen LogP) is 2.42. The number of thioether (sulfide) groups is 1. The van der Waals surface area contributed by atoms with Crippen LogP contribution in [0.5, 0.6) is 5.75 Å². The monoisotopic (exact) mass is 422 g/mol. The maximum absolute atomic E-state index is 12.3. The normalized spacial score (nSPS) is 16.4. The van der Waals surface area contributed by atoms with Crippen LogP contribution < -0.4 is 10.2 Å². The van der Waals surface area contributed by atoms with Gasteiger partial charge in [-0.3, -0.25) is 4.79 Å². The van der Waals surface area contributed by atoms with Gasteiger partial charge in [-0.2, -0.15) is 0 Å². The lowest BCUT2D eigenvalue weighted by molar-refractivity contribution is 0.126. The van der Waals surface area contributed by atoms with Crippen LogP contribution in [0.15, 0.2) is 27.4 Å². The number of aliphatic hydroxyl groups is 1. The van der Waals surface area contributed by atoms with Gasteiger partial charge in [0.2, 0.25) is 0 Å². The molecule has 1 fully saturated rings. The van der Waals surface area contributed by atoms with Crippen molar-refractivity contribution in [2.75, 3.05) is 45.6 Å². The zero-order chi connectivity index (χ0) is 20.3. The summed E-state index contributed by atoms with van der Waals surface area (Å²) in [4.78, 5) is 16.7. The molecule has 1 atom stereocenters. The molecule has 1 aromatic heterocycles. The largest absolute Gasteiger partial charge is 0.491 e. The summed E-state index contributed by atoms with van der Waals surface area (Å²) in [5.74, 6) is 1.64. The van der Waals surface area contributed by atoms with Gasteiger partial charge >= 0.3 is 0 Å². The molecule has 152 valence electrons. The van der Waals surface area contributed by atoms with Gasteiger partial charge in [-0.05, 0) is 33.0 Å². The molecule has 2 aromatic rings. The fourth-order valence-corrected chi connectivity index (χ4v) is 4.14. The van der Waals surface area contributed by atoms with Gasteiger partial charge in [-0.1, -0.05) is 24.0 Å². The average molecular weight is 423 g/mol. The first-order valence-electron chi connectivity index (χ1n) is 9.30. The van der Waals surface area contributed by atoms with Crippen molar-refractivity contribution >= 4 is 39.3 Å². The fraction of sp³-hybridized carbons (Fsp3) is 0.500. The quantitative estimate of drug-likeness (QED) is 0.737. The number of benzene rings is 1. The van der Waals surface area contributed by atoms with Crippen LogP contribution in [0.3, 0.4) is 0 Å². The third-order valence-corrected chi connectivity index (χ3v) is 6.60. The highest BCUT2D eigenvalue weighted by atomic mass is 32.2. The Bertz CT molecular complexity index is 907. The molecule has 1 aromatic carbocycles. The highest BCUT2D eigenvalue weighted by Gasteiger charge is 2.18. The van der Waals surface area contributed by atoms with Crippen LogP contribution in [0.4, 0.5) is 0 Å². The van der Waals surface area contributed by atoms with Crippen molar-refractivity contribution in [1.29, 1.82) is 0 Å². The van der Waals surface area contributed by atoms with Gasteiger partial charge in [0.15, 0.2) is 5.43 Å². The van der Waals surface area contributed by atoms with Crippen molar-refractivity contribution in [2.45, 2.75) is 20.0 Å². The third-order valence-electron chi connectivity index (χ3n) is 4.93. The van der Waals surface area contributed by atoms with E-state index in [1.165, 1.54) is 11.8 Å². The van der Waals surface area contributed by atoms with Crippen molar-refractivity contribution in [3.05, 3.63) is 39.7 Å². The minimum atomic E-state index is -0.641. The molecule has 1 aliphatic heterocycles. The van der Waals surface area contributed by atoms with Gasteiger partial charge < -0.3 is 24.1 Å². The van der Waals surface area contributed by atoms with Gasteiger partial charge in [-0.15, -0.1) is 0 Å². The number of ether oxygens (including phenoxy) is 1. The molecule has 0 aliphatic carbocycles. The minimum absolute atomic E-state index is 0.0286. The number of rotatable bonds is 5. The molecule has 28 heavy (non-hydrogen) atoms. The summed E-state index contributed by atoms with van der Waals surface area (Å²) in [5, 5.41) is 10.8. The second-order valence-electron chi connectivity index (χ2n) is 7.10. The molecule has 1 saturated heterocycles. The minimum Gasteiger partial charge on any atom is -0.491 e. The molecule has 1 unspecified atom stereocenters. The molecule has 0 bridgehead atoms. The Morgan fingerprint density at radius 2 is 2.04 bits per heavy atom. The summed E-state index contributed by atoms with van der Waals surface area (Å²) in [6, 6.07) is 5.12. The molecule has 1 aliphatic rings. The van der Waals surface area contributed by atoms with Crippen LogP contribution in [0.1, 0.15) is 11.3 Å². The van der Waals surface area contributed by atoms with Crippen molar-refractivity contribution in [2.24, 2.45) is 0 Å². The molecular weight excluding hydrogens is 396 g/mol. The van der Waals surface area contributed by atoms with E-state index in [0.29, 0.717) is 33.8 Å². The van der Waals surface area contributed by atoms with E-state index in [-0.39, 0.29) is 12.0 Å². The van der Waals surface area contributed by atoms with Gasteiger partial charge in [-0.25, -0.2) is 0 Å². The lowest BCUT2D eigenvalue weighted by Gasteiger charge is -2.33. The van der Waals surface area contributed by atoms with E-state index in [2.05, 4.69) is 16.8 Å². The first-order valence-corrected chi connectivity index (χ1v) is 10.7. The fourth-order valence-electron chi connectivity index (χ4n) is 2.96. The van der Waals surface area contributed by atoms with Gasteiger partial charge in [0, 0.05) is 43.6 Å². The van der Waals surface area contributed by atoms with Gasteiger partial charge in [0.05, 0.1) is 11.5 Å². The summed E-state index contributed by atoms with van der Waals surface area (Å²) < 4.78 is 12.2. The first kappa shape index (κ1) is 21.1.